The largest absolute Gasteiger partial charge is 0.472 e. The number of carbonyl (C=O) groups excluding carboxylic acids is 2. The van der Waals surface area contributed by atoms with Gasteiger partial charge in [-0.2, -0.15) is 0 Å². The maximum atomic E-state index is 12.6. The van der Waals surface area contributed by atoms with Gasteiger partial charge in [0.1, 0.15) is 19.8 Å². The van der Waals surface area contributed by atoms with Gasteiger partial charge in [-0.05, 0) is 77.0 Å². The fourth-order valence-electron chi connectivity index (χ4n) is 4.98. The van der Waals surface area contributed by atoms with Crippen LogP contribution in [0.15, 0.2) is 72.9 Å². The lowest BCUT2D eigenvalue weighted by Gasteiger charge is -2.24. The molecule has 9 nitrogen and oxygen atoms in total. The molecular formula is C44H77NO8P+. The summed E-state index contributed by atoms with van der Waals surface area (Å²) in [6.45, 7) is 4.19. The zero-order chi connectivity index (χ0) is 40.0. The number of hydrogen-bond acceptors (Lipinski definition) is 7. The molecule has 0 saturated heterocycles. The van der Waals surface area contributed by atoms with E-state index in [0.29, 0.717) is 23.9 Å². The second-order valence-electron chi connectivity index (χ2n) is 14.6. The number of nitrogens with zero attached hydrogens (tertiary/aromatic N) is 1. The van der Waals surface area contributed by atoms with Crippen molar-refractivity contribution in [3.63, 3.8) is 0 Å². The third-order valence-electron chi connectivity index (χ3n) is 8.22. The van der Waals surface area contributed by atoms with Crippen molar-refractivity contribution in [2.75, 3.05) is 47.5 Å². The van der Waals surface area contributed by atoms with Crippen LogP contribution >= 0.6 is 7.82 Å². The molecule has 0 amide bonds. The SMILES string of the molecule is CC/C=C/C/C=C/C/C=C/C/C=C/C/C=C/CCCC(=O)OC[C@H](COP(=O)(O)OCC[N+](C)(C)C)OC(=O)CCCCCCC/C=C/CCCCCC. The second-order valence-corrected chi connectivity index (χ2v) is 16.1. The first-order valence-corrected chi connectivity index (χ1v) is 22.2. The van der Waals surface area contributed by atoms with Crippen LogP contribution in [0.25, 0.3) is 0 Å². The highest BCUT2D eigenvalue weighted by molar-refractivity contribution is 7.47. The highest BCUT2D eigenvalue weighted by Gasteiger charge is 2.27. The quantitative estimate of drug-likeness (QED) is 0.0220. The van der Waals surface area contributed by atoms with E-state index in [9.17, 15) is 19.0 Å². The van der Waals surface area contributed by atoms with Crippen LogP contribution < -0.4 is 0 Å². The molecule has 0 aliphatic heterocycles. The fraction of sp³-hybridized carbons (Fsp3) is 0.682. The minimum absolute atomic E-state index is 0.0178. The van der Waals surface area contributed by atoms with E-state index in [2.05, 4.69) is 86.8 Å². The molecule has 0 saturated carbocycles. The van der Waals surface area contributed by atoms with Crippen LogP contribution in [0, 0.1) is 0 Å². The van der Waals surface area contributed by atoms with E-state index in [1.807, 2.05) is 21.1 Å². The van der Waals surface area contributed by atoms with Crippen LogP contribution in [-0.4, -0.2) is 74.9 Å². The Labute approximate surface area is 329 Å². The predicted molar refractivity (Wildman–Crippen MR) is 224 cm³/mol. The lowest BCUT2D eigenvalue weighted by atomic mass is 10.1. The van der Waals surface area contributed by atoms with Crippen molar-refractivity contribution >= 4 is 19.8 Å². The molecule has 0 aliphatic carbocycles. The fourth-order valence-corrected chi connectivity index (χ4v) is 5.72. The third-order valence-corrected chi connectivity index (χ3v) is 9.20. The monoisotopic (exact) mass is 779 g/mol. The number of esters is 2. The molecule has 0 spiro atoms. The van der Waals surface area contributed by atoms with E-state index in [0.717, 1.165) is 70.6 Å². The van der Waals surface area contributed by atoms with Crippen molar-refractivity contribution < 1.29 is 42.1 Å². The number of likely N-dealkylation sites (N-methyl/N-ethyl adjacent to an activating group) is 1. The van der Waals surface area contributed by atoms with E-state index in [1.54, 1.807) is 0 Å². The second kappa shape index (κ2) is 36.1. The summed E-state index contributed by atoms with van der Waals surface area (Å²) in [4.78, 5) is 35.2. The van der Waals surface area contributed by atoms with Crippen molar-refractivity contribution in [1.29, 1.82) is 0 Å². The van der Waals surface area contributed by atoms with Crippen LogP contribution in [0.5, 0.6) is 0 Å². The Morgan fingerprint density at radius 2 is 1.07 bits per heavy atom. The maximum absolute atomic E-state index is 12.6. The molecule has 0 heterocycles. The van der Waals surface area contributed by atoms with Crippen molar-refractivity contribution in [1.82, 2.24) is 0 Å². The molecule has 0 aromatic heterocycles. The maximum Gasteiger partial charge on any atom is 0.472 e. The van der Waals surface area contributed by atoms with Crippen LogP contribution in [0.4, 0.5) is 0 Å². The number of hydrogen-bond donors (Lipinski definition) is 1. The Morgan fingerprint density at radius 3 is 1.65 bits per heavy atom. The topological polar surface area (TPSA) is 108 Å². The van der Waals surface area contributed by atoms with E-state index >= 15 is 0 Å². The van der Waals surface area contributed by atoms with Gasteiger partial charge in [-0.3, -0.25) is 18.6 Å². The molecule has 0 radical (unpaired) electrons. The molecular weight excluding hydrogens is 701 g/mol. The van der Waals surface area contributed by atoms with Gasteiger partial charge in [0.15, 0.2) is 6.10 Å². The first kappa shape index (κ1) is 51.5. The summed E-state index contributed by atoms with van der Waals surface area (Å²) in [6, 6.07) is 0. The highest BCUT2D eigenvalue weighted by Crippen LogP contribution is 2.43. The molecule has 0 rings (SSSR count). The number of allylic oxidation sites excluding steroid dienone is 12. The number of phosphoric ester groups is 1. The highest BCUT2D eigenvalue weighted by atomic mass is 31.2. The average Bonchev–Trinajstić information content (AvgIpc) is 3.12. The summed E-state index contributed by atoms with van der Waals surface area (Å²) in [7, 11) is 1.43. The van der Waals surface area contributed by atoms with E-state index in [1.165, 1.54) is 32.1 Å². The standard InChI is InChI=1S/C44H76NO8P/c1-6-8-10-12-14-16-18-20-21-22-23-25-26-28-30-32-34-36-43(46)50-40-42(41-52-54(48,49)51-39-38-45(3,4)5)53-44(47)37-35-33-31-29-27-24-19-17-15-13-11-9-7-2/h8,10,14,16-17,19-21,23,25,28,30,42H,6-7,9,11-13,15,18,22,24,26-27,29,31-41H2,1-5H3/p+1/b10-8+,16-14+,19-17+,21-20+,25-23+,30-28+/t42-/m1/s1. The first-order valence-electron chi connectivity index (χ1n) is 20.7. The lowest BCUT2D eigenvalue weighted by molar-refractivity contribution is -0.870. The summed E-state index contributed by atoms with van der Waals surface area (Å²) in [6.07, 6.45) is 43.8. The molecule has 0 aliphatic rings. The van der Waals surface area contributed by atoms with Crippen LogP contribution in [0.1, 0.15) is 142 Å². The van der Waals surface area contributed by atoms with Gasteiger partial charge in [0.05, 0.1) is 27.7 Å². The number of ether oxygens (including phenoxy) is 2. The zero-order valence-electron chi connectivity index (χ0n) is 34.7. The molecule has 0 bridgehead atoms. The van der Waals surface area contributed by atoms with Gasteiger partial charge in [0.25, 0.3) is 0 Å². The predicted octanol–water partition coefficient (Wildman–Crippen LogP) is 11.5. The van der Waals surface area contributed by atoms with E-state index in [4.69, 9.17) is 18.5 Å². The Morgan fingerprint density at radius 1 is 0.593 bits per heavy atom. The average molecular weight is 779 g/mol. The summed E-state index contributed by atoms with van der Waals surface area (Å²) in [5, 5.41) is 0. The molecule has 0 aromatic rings. The third kappa shape index (κ3) is 39.2. The number of rotatable bonds is 36. The number of quaternary nitrogens is 1. The Kier molecular flexibility index (Phi) is 34.4. The Balaban J connectivity index is 4.52. The van der Waals surface area contributed by atoms with Crippen LogP contribution in [0.3, 0.4) is 0 Å². The van der Waals surface area contributed by atoms with E-state index < -0.39 is 32.5 Å². The molecule has 310 valence electrons. The van der Waals surface area contributed by atoms with Crippen LogP contribution in [0.2, 0.25) is 0 Å². The van der Waals surface area contributed by atoms with Gasteiger partial charge >= 0.3 is 19.8 Å². The van der Waals surface area contributed by atoms with Gasteiger partial charge in [-0.1, -0.05) is 125 Å². The zero-order valence-corrected chi connectivity index (χ0v) is 35.6. The van der Waals surface area contributed by atoms with Crippen molar-refractivity contribution in [2.24, 2.45) is 0 Å². The lowest BCUT2D eigenvalue weighted by Crippen LogP contribution is -2.37. The van der Waals surface area contributed by atoms with Crippen LogP contribution in [-0.2, 0) is 32.7 Å². The van der Waals surface area contributed by atoms with Gasteiger partial charge in [0.2, 0.25) is 0 Å². The molecule has 0 aromatic carbocycles. The summed E-state index contributed by atoms with van der Waals surface area (Å²) in [5.74, 6) is -0.885. The summed E-state index contributed by atoms with van der Waals surface area (Å²) < 4.78 is 34.1. The van der Waals surface area contributed by atoms with E-state index in [-0.39, 0.29) is 26.1 Å². The molecule has 2 atom stereocenters. The first-order chi connectivity index (χ1) is 26.0. The van der Waals surface area contributed by atoms with Gasteiger partial charge < -0.3 is 18.9 Å². The van der Waals surface area contributed by atoms with Gasteiger partial charge in [-0.25, -0.2) is 4.57 Å². The minimum atomic E-state index is -4.39. The number of phosphoric acid groups is 1. The summed E-state index contributed by atoms with van der Waals surface area (Å²) in [5.41, 5.74) is 0. The van der Waals surface area contributed by atoms with Crippen molar-refractivity contribution in [3.8, 4) is 0 Å². The number of carbonyl (C=O) groups is 2. The van der Waals surface area contributed by atoms with Gasteiger partial charge in [-0.15, -0.1) is 0 Å². The number of unbranched alkanes of at least 4 members (excludes halogenated alkanes) is 10. The molecule has 10 heteroatoms. The minimum Gasteiger partial charge on any atom is -0.462 e. The molecule has 1 unspecified atom stereocenters. The van der Waals surface area contributed by atoms with Gasteiger partial charge in [0, 0.05) is 12.8 Å². The van der Waals surface area contributed by atoms with Crippen molar-refractivity contribution in [3.05, 3.63) is 72.9 Å². The Hall–Kier alpha value is -2.55. The van der Waals surface area contributed by atoms with Crippen molar-refractivity contribution in [2.45, 2.75) is 148 Å². The smallest absolute Gasteiger partial charge is 0.462 e. The normalized spacial score (nSPS) is 14.4. The molecule has 54 heavy (non-hydrogen) atoms. The molecule has 0 fully saturated rings. The molecule has 1 N–H and O–H groups in total. The Bertz CT molecular complexity index is 1150. The summed E-state index contributed by atoms with van der Waals surface area (Å²) >= 11 is 0.